The second-order valence-electron chi connectivity index (χ2n) is 3.87. The van der Waals surface area contributed by atoms with Gasteiger partial charge < -0.3 is 5.32 Å². The van der Waals surface area contributed by atoms with E-state index in [1.54, 1.807) is 6.92 Å². The molecule has 0 unspecified atom stereocenters. The lowest BCUT2D eigenvalue weighted by molar-refractivity contribution is -0.116. The number of carbonyl (C=O) groups is 1. The van der Waals surface area contributed by atoms with Crippen LogP contribution in [0.5, 0.6) is 0 Å². The highest BCUT2D eigenvalue weighted by molar-refractivity contribution is 5.78. The van der Waals surface area contributed by atoms with Crippen LogP contribution in [0, 0.1) is 0 Å². The van der Waals surface area contributed by atoms with Gasteiger partial charge in [0, 0.05) is 18.2 Å². The predicted octanol–water partition coefficient (Wildman–Crippen LogP) is 2.64. The Labute approximate surface area is 85.3 Å². The molecule has 1 aromatic carbocycles. The van der Waals surface area contributed by atoms with Gasteiger partial charge in [-0.2, -0.15) is 0 Å². The number of nitrogens with one attached hydrogen (secondary N) is 1. The molecule has 1 N–H and O–H groups in total. The third kappa shape index (κ3) is 3.60. The second-order valence-corrected chi connectivity index (χ2v) is 3.87. The molecule has 0 atom stereocenters. The van der Waals surface area contributed by atoms with Gasteiger partial charge in [0.25, 0.3) is 0 Å². The minimum atomic E-state index is 0.203. The summed E-state index contributed by atoms with van der Waals surface area (Å²) in [6, 6.07) is 8.45. The molecule has 2 heteroatoms. The lowest BCUT2D eigenvalue weighted by atomic mass is 10.1. The molecule has 0 saturated carbocycles. The topological polar surface area (TPSA) is 29.1 Å². The van der Waals surface area contributed by atoms with Crippen LogP contribution < -0.4 is 5.32 Å². The van der Waals surface area contributed by atoms with Gasteiger partial charge in [-0.15, -0.1) is 0 Å². The Balaban J connectivity index is 2.63. The predicted molar refractivity (Wildman–Crippen MR) is 59.6 cm³/mol. The minimum Gasteiger partial charge on any atom is -0.383 e. The van der Waals surface area contributed by atoms with Crippen LogP contribution in [0.1, 0.15) is 26.3 Å². The number of benzene rings is 1. The van der Waals surface area contributed by atoms with Crippen molar-refractivity contribution in [1.82, 2.24) is 0 Å². The van der Waals surface area contributed by atoms with Crippen LogP contribution in [-0.2, 0) is 11.2 Å². The Hall–Kier alpha value is -1.31. The summed E-state index contributed by atoms with van der Waals surface area (Å²) in [4.78, 5) is 10.9. The highest BCUT2D eigenvalue weighted by Gasteiger charge is 1.98. The maximum absolute atomic E-state index is 10.9. The first-order valence-electron chi connectivity index (χ1n) is 4.93. The number of Topliss-reactive ketones (excluding diaryl/α,β-unsaturated/α-hetero) is 1. The molecule has 0 saturated heterocycles. The molecule has 14 heavy (non-hydrogen) atoms. The molecular formula is C12H17NO. The smallest absolute Gasteiger partial charge is 0.134 e. The zero-order chi connectivity index (χ0) is 10.6. The second kappa shape index (κ2) is 4.80. The van der Waals surface area contributed by atoms with Crippen LogP contribution in [0.15, 0.2) is 24.3 Å². The lowest BCUT2D eigenvalue weighted by Gasteiger charge is -2.09. The summed E-state index contributed by atoms with van der Waals surface area (Å²) >= 11 is 0. The van der Waals surface area contributed by atoms with Crippen molar-refractivity contribution < 1.29 is 4.79 Å². The SMILES string of the molecule is CC(=O)Cc1ccc(NC(C)C)cc1. The van der Waals surface area contributed by atoms with Crippen molar-refractivity contribution in [2.45, 2.75) is 33.2 Å². The lowest BCUT2D eigenvalue weighted by Crippen LogP contribution is -2.09. The van der Waals surface area contributed by atoms with Gasteiger partial charge in [0.2, 0.25) is 0 Å². The number of hydrogen-bond donors (Lipinski definition) is 1. The van der Waals surface area contributed by atoms with E-state index in [0.29, 0.717) is 12.5 Å². The van der Waals surface area contributed by atoms with Crippen molar-refractivity contribution in [3.63, 3.8) is 0 Å². The molecular weight excluding hydrogens is 174 g/mol. The number of ketones is 1. The minimum absolute atomic E-state index is 0.203. The van der Waals surface area contributed by atoms with Gasteiger partial charge in [0.15, 0.2) is 0 Å². The Bertz CT molecular complexity index is 301. The number of anilines is 1. The van der Waals surface area contributed by atoms with Gasteiger partial charge >= 0.3 is 0 Å². The Morgan fingerprint density at radius 1 is 1.29 bits per heavy atom. The zero-order valence-electron chi connectivity index (χ0n) is 9.00. The molecule has 0 aromatic heterocycles. The summed E-state index contributed by atoms with van der Waals surface area (Å²) in [6.07, 6.45) is 0.530. The fourth-order valence-electron chi connectivity index (χ4n) is 1.34. The van der Waals surface area contributed by atoms with Gasteiger partial charge in [0.05, 0.1) is 0 Å². The molecule has 0 amide bonds. The van der Waals surface area contributed by atoms with E-state index in [-0.39, 0.29) is 5.78 Å². The number of carbonyl (C=O) groups excluding carboxylic acids is 1. The zero-order valence-corrected chi connectivity index (χ0v) is 9.00. The molecule has 0 aliphatic heterocycles. The fraction of sp³-hybridized carbons (Fsp3) is 0.417. The highest BCUT2D eigenvalue weighted by atomic mass is 16.1. The average Bonchev–Trinajstić information content (AvgIpc) is 2.06. The van der Waals surface area contributed by atoms with Crippen molar-refractivity contribution >= 4 is 11.5 Å². The molecule has 0 radical (unpaired) electrons. The van der Waals surface area contributed by atoms with Crippen LogP contribution in [0.3, 0.4) is 0 Å². The van der Waals surface area contributed by atoms with Gasteiger partial charge in [0.1, 0.15) is 5.78 Å². The van der Waals surface area contributed by atoms with E-state index in [4.69, 9.17) is 0 Å². The van der Waals surface area contributed by atoms with E-state index in [1.165, 1.54) is 0 Å². The summed E-state index contributed by atoms with van der Waals surface area (Å²) in [5.41, 5.74) is 2.18. The molecule has 0 aliphatic carbocycles. The normalized spacial score (nSPS) is 10.3. The molecule has 0 bridgehead atoms. The first-order chi connectivity index (χ1) is 6.58. The van der Waals surface area contributed by atoms with Crippen LogP contribution >= 0.6 is 0 Å². The molecule has 1 rings (SSSR count). The van der Waals surface area contributed by atoms with E-state index < -0.39 is 0 Å². The molecule has 0 spiro atoms. The first-order valence-corrected chi connectivity index (χ1v) is 4.93. The Kier molecular flexibility index (Phi) is 3.69. The Morgan fingerprint density at radius 2 is 1.86 bits per heavy atom. The van der Waals surface area contributed by atoms with Crippen molar-refractivity contribution in [3.8, 4) is 0 Å². The summed E-state index contributed by atoms with van der Waals surface area (Å²) < 4.78 is 0. The van der Waals surface area contributed by atoms with Gasteiger partial charge in [-0.25, -0.2) is 0 Å². The van der Waals surface area contributed by atoms with Crippen molar-refractivity contribution in [3.05, 3.63) is 29.8 Å². The van der Waals surface area contributed by atoms with E-state index in [2.05, 4.69) is 19.2 Å². The summed E-state index contributed by atoms with van der Waals surface area (Å²) in [5.74, 6) is 0.203. The van der Waals surface area contributed by atoms with Crippen LogP contribution in [0.2, 0.25) is 0 Å². The largest absolute Gasteiger partial charge is 0.383 e. The van der Waals surface area contributed by atoms with E-state index in [0.717, 1.165) is 11.3 Å². The van der Waals surface area contributed by atoms with Gasteiger partial charge in [-0.05, 0) is 38.5 Å². The number of hydrogen-bond acceptors (Lipinski definition) is 2. The maximum atomic E-state index is 10.9. The third-order valence-electron chi connectivity index (χ3n) is 1.86. The van der Waals surface area contributed by atoms with Crippen molar-refractivity contribution in [2.75, 3.05) is 5.32 Å². The van der Waals surface area contributed by atoms with Gasteiger partial charge in [-0.3, -0.25) is 4.79 Å². The van der Waals surface area contributed by atoms with Crippen LogP contribution in [0.4, 0.5) is 5.69 Å². The van der Waals surface area contributed by atoms with Gasteiger partial charge in [-0.1, -0.05) is 12.1 Å². The van der Waals surface area contributed by atoms with E-state index in [9.17, 15) is 4.79 Å². The van der Waals surface area contributed by atoms with Crippen LogP contribution in [-0.4, -0.2) is 11.8 Å². The standard InChI is InChI=1S/C12H17NO/c1-9(2)13-12-6-4-11(5-7-12)8-10(3)14/h4-7,9,13H,8H2,1-3H3. The maximum Gasteiger partial charge on any atom is 0.134 e. The van der Waals surface area contributed by atoms with Crippen molar-refractivity contribution in [2.24, 2.45) is 0 Å². The fourth-order valence-corrected chi connectivity index (χ4v) is 1.34. The molecule has 0 aliphatic rings. The average molecular weight is 191 g/mol. The van der Waals surface area contributed by atoms with E-state index >= 15 is 0 Å². The van der Waals surface area contributed by atoms with Crippen molar-refractivity contribution in [1.29, 1.82) is 0 Å². The first kappa shape index (κ1) is 10.8. The third-order valence-corrected chi connectivity index (χ3v) is 1.86. The molecule has 2 nitrogen and oxygen atoms in total. The number of rotatable bonds is 4. The summed E-state index contributed by atoms with van der Waals surface area (Å²) in [7, 11) is 0. The quantitative estimate of drug-likeness (QED) is 0.792. The molecule has 76 valence electrons. The molecule has 1 aromatic rings. The molecule has 0 heterocycles. The Morgan fingerprint density at radius 3 is 2.29 bits per heavy atom. The highest BCUT2D eigenvalue weighted by Crippen LogP contribution is 2.11. The summed E-state index contributed by atoms with van der Waals surface area (Å²) in [5, 5.41) is 3.30. The summed E-state index contributed by atoms with van der Waals surface area (Å²) in [6.45, 7) is 5.81. The van der Waals surface area contributed by atoms with E-state index in [1.807, 2.05) is 24.3 Å². The molecule has 0 fully saturated rings. The monoisotopic (exact) mass is 191 g/mol. The van der Waals surface area contributed by atoms with Crippen LogP contribution in [0.25, 0.3) is 0 Å².